The Hall–Kier alpha value is -3.41. The Kier molecular flexibility index (Phi) is 7.23. The van der Waals surface area contributed by atoms with Gasteiger partial charge >= 0.3 is 0 Å². The van der Waals surface area contributed by atoms with Crippen LogP contribution >= 0.6 is 0 Å². The number of nitrogens with zero attached hydrogens (tertiary/aromatic N) is 2. The molecule has 2 heterocycles. The smallest absolute Gasteiger partial charge is 0.227 e. The lowest BCUT2D eigenvalue weighted by atomic mass is 10.0. The highest BCUT2D eigenvalue weighted by Crippen LogP contribution is 2.33. The monoisotopic (exact) mass is 447 g/mol. The molecular weight excluding hydrogens is 414 g/mol. The van der Waals surface area contributed by atoms with Crippen LogP contribution in [0.3, 0.4) is 0 Å². The summed E-state index contributed by atoms with van der Waals surface area (Å²) in [6.45, 7) is 6.25. The van der Waals surface area contributed by atoms with Crippen LogP contribution < -0.4 is 14.4 Å². The Morgan fingerprint density at radius 1 is 1.06 bits per heavy atom. The number of aromatic amines is 1. The van der Waals surface area contributed by atoms with Gasteiger partial charge in [-0.25, -0.2) is 0 Å². The fourth-order valence-corrected chi connectivity index (χ4v) is 4.43. The number of amides is 1. The molecule has 1 fully saturated rings. The molecule has 2 aromatic carbocycles. The third-order valence-corrected chi connectivity index (χ3v) is 6.01. The highest BCUT2D eigenvalue weighted by Gasteiger charge is 2.31. The van der Waals surface area contributed by atoms with Crippen molar-refractivity contribution >= 4 is 11.6 Å². The number of ether oxygens (including phenoxy) is 2. The lowest BCUT2D eigenvalue weighted by molar-refractivity contribution is -0.133. The van der Waals surface area contributed by atoms with E-state index >= 15 is 0 Å². The standard InChI is InChI=1S/C27H33N3O3/c1-20(2)33-26-17-23(9-10-25(26)32-3)29-13-14-30(27(31)16-22-11-12-28-18-22)24(19-29)15-21-7-5-4-6-8-21/h4-12,17-18,20,24,28H,13-16,19H2,1-3H3/t24-/m0/s1. The van der Waals surface area contributed by atoms with Crippen molar-refractivity contribution in [2.45, 2.75) is 38.8 Å². The van der Waals surface area contributed by atoms with Crippen molar-refractivity contribution in [3.8, 4) is 11.5 Å². The minimum Gasteiger partial charge on any atom is -0.493 e. The summed E-state index contributed by atoms with van der Waals surface area (Å²) in [4.78, 5) is 20.7. The molecule has 0 saturated carbocycles. The highest BCUT2D eigenvalue weighted by molar-refractivity contribution is 5.79. The summed E-state index contributed by atoms with van der Waals surface area (Å²) in [6.07, 6.45) is 5.06. The van der Waals surface area contributed by atoms with E-state index in [4.69, 9.17) is 9.47 Å². The van der Waals surface area contributed by atoms with Gasteiger partial charge in [-0.2, -0.15) is 0 Å². The first kappa shape index (κ1) is 22.8. The van der Waals surface area contributed by atoms with Crippen LogP contribution in [-0.4, -0.2) is 54.7 Å². The van der Waals surface area contributed by atoms with Crippen LogP contribution in [0.1, 0.15) is 25.0 Å². The molecule has 0 radical (unpaired) electrons. The van der Waals surface area contributed by atoms with Crippen LogP contribution in [0.15, 0.2) is 67.0 Å². The molecule has 1 amide bonds. The van der Waals surface area contributed by atoms with E-state index in [1.807, 2.05) is 44.4 Å². The summed E-state index contributed by atoms with van der Waals surface area (Å²) in [5, 5.41) is 0. The molecule has 4 rings (SSSR count). The van der Waals surface area contributed by atoms with E-state index in [1.165, 1.54) is 5.56 Å². The predicted molar refractivity (Wildman–Crippen MR) is 131 cm³/mol. The maximum Gasteiger partial charge on any atom is 0.227 e. The molecule has 33 heavy (non-hydrogen) atoms. The Balaban J connectivity index is 1.56. The molecule has 1 atom stereocenters. The van der Waals surface area contributed by atoms with Gasteiger partial charge in [-0.1, -0.05) is 30.3 Å². The number of piperazine rings is 1. The number of carbonyl (C=O) groups is 1. The van der Waals surface area contributed by atoms with Gasteiger partial charge in [-0.15, -0.1) is 0 Å². The Bertz CT molecular complexity index is 1030. The van der Waals surface area contributed by atoms with E-state index < -0.39 is 0 Å². The molecule has 1 N–H and O–H groups in total. The summed E-state index contributed by atoms with van der Waals surface area (Å²) in [7, 11) is 1.66. The van der Waals surface area contributed by atoms with Gasteiger partial charge in [0.1, 0.15) is 0 Å². The van der Waals surface area contributed by atoms with E-state index in [9.17, 15) is 4.79 Å². The average molecular weight is 448 g/mol. The number of rotatable bonds is 8. The van der Waals surface area contributed by atoms with E-state index in [-0.39, 0.29) is 18.1 Å². The largest absolute Gasteiger partial charge is 0.493 e. The number of nitrogens with one attached hydrogen (secondary N) is 1. The van der Waals surface area contributed by atoms with Crippen LogP contribution in [0.2, 0.25) is 0 Å². The van der Waals surface area contributed by atoms with E-state index in [0.717, 1.165) is 42.3 Å². The van der Waals surface area contributed by atoms with Gasteiger partial charge in [0.15, 0.2) is 11.5 Å². The van der Waals surface area contributed by atoms with Crippen molar-refractivity contribution in [3.05, 3.63) is 78.1 Å². The van der Waals surface area contributed by atoms with E-state index in [1.54, 1.807) is 7.11 Å². The fraction of sp³-hybridized carbons (Fsp3) is 0.370. The predicted octanol–water partition coefficient (Wildman–Crippen LogP) is 4.31. The summed E-state index contributed by atoms with van der Waals surface area (Å²) in [5.74, 6) is 1.65. The van der Waals surface area contributed by atoms with Gasteiger partial charge in [-0.05, 0) is 49.6 Å². The number of hydrogen-bond acceptors (Lipinski definition) is 4. The van der Waals surface area contributed by atoms with Crippen molar-refractivity contribution in [1.82, 2.24) is 9.88 Å². The number of methoxy groups -OCH3 is 1. The molecule has 0 aliphatic carbocycles. The first-order chi connectivity index (χ1) is 16.0. The summed E-state index contributed by atoms with van der Waals surface area (Å²) < 4.78 is 11.5. The molecule has 0 bridgehead atoms. The first-order valence-electron chi connectivity index (χ1n) is 11.6. The second-order valence-corrected chi connectivity index (χ2v) is 8.77. The lowest BCUT2D eigenvalue weighted by Gasteiger charge is -2.43. The molecule has 6 heteroatoms. The number of carbonyl (C=O) groups excluding carboxylic acids is 1. The van der Waals surface area contributed by atoms with Crippen molar-refractivity contribution in [1.29, 1.82) is 0 Å². The number of H-pyrrole nitrogens is 1. The van der Waals surface area contributed by atoms with Crippen LogP contribution in [-0.2, 0) is 17.6 Å². The normalized spacial score (nSPS) is 16.2. The van der Waals surface area contributed by atoms with Crippen LogP contribution in [0, 0.1) is 0 Å². The van der Waals surface area contributed by atoms with Gasteiger partial charge in [-0.3, -0.25) is 4.79 Å². The van der Waals surface area contributed by atoms with Crippen molar-refractivity contribution in [2.75, 3.05) is 31.6 Å². The average Bonchev–Trinajstić information content (AvgIpc) is 3.32. The zero-order valence-corrected chi connectivity index (χ0v) is 19.7. The highest BCUT2D eigenvalue weighted by atomic mass is 16.5. The second kappa shape index (κ2) is 10.5. The minimum atomic E-state index is 0.0582. The SMILES string of the molecule is COc1ccc(N2CCN(C(=O)Cc3cc[nH]c3)[C@@H](Cc3ccccc3)C2)cc1OC(C)C. The summed E-state index contributed by atoms with van der Waals surface area (Å²) in [5.41, 5.74) is 3.34. The van der Waals surface area contributed by atoms with Crippen molar-refractivity contribution in [3.63, 3.8) is 0 Å². The van der Waals surface area contributed by atoms with Crippen molar-refractivity contribution in [2.24, 2.45) is 0 Å². The molecule has 1 saturated heterocycles. The maximum atomic E-state index is 13.2. The van der Waals surface area contributed by atoms with Gasteiger partial charge in [0.25, 0.3) is 0 Å². The van der Waals surface area contributed by atoms with E-state index in [0.29, 0.717) is 13.0 Å². The van der Waals surface area contributed by atoms with Crippen LogP contribution in [0.5, 0.6) is 11.5 Å². The number of benzene rings is 2. The molecule has 0 unspecified atom stereocenters. The molecule has 1 aliphatic heterocycles. The molecule has 1 aliphatic rings. The number of aromatic nitrogens is 1. The summed E-state index contributed by atoms with van der Waals surface area (Å²) in [6, 6.07) is 18.5. The third kappa shape index (κ3) is 5.69. The van der Waals surface area contributed by atoms with Gasteiger partial charge in [0, 0.05) is 43.8 Å². The zero-order valence-electron chi connectivity index (χ0n) is 19.7. The lowest BCUT2D eigenvalue weighted by Crippen LogP contribution is -2.56. The Labute approximate surface area is 196 Å². The van der Waals surface area contributed by atoms with Crippen LogP contribution in [0.4, 0.5) is 5.69 Å². The maximum absolute atomic E-state index is 13.2. The van der Waals surface area contributed by atoms with Gasteiger partial charge in [0.05, 0.1) is 25.7 Å². The Morgan fingerprint density at radius 2 is 1.88 bits per heavy atom. The molecule has 1 aromatic heterocycles. The molecule has 6 nitrogen and oxygen atoms in total. The molecule has 174 valence electrons. The molecule has 3 aromatic rings. The third-order valence-electron chi connectivity index (χ3n) is 6.01. The minimum absolute atomic E-state index is 0.0582. The number of anilines is 1. The molecule has 0 spiro atoms. The van der Waals surface area contributed by atoms with Gasteiger partial charge in [0.2, 0.25) is 5.91 Å². The second-order valence-electron chi connectivity index (χ2n) is 8.77. The van der Waals surface area contributed by atoms with E-state index in [2.05, 4.69) is 51.2 Å². The van der Waals surface area contributed by atoms with Crippen LogP contribution in [0.25, 0.3) is 0 Å². The number of hydrogen-bond donors (Lipinski definition) is 1. The molecular formula is C27H33N3O3. The van der Waals surface area contributed by atoms with Crippen molar-refractivity contribution < 1.29 is 14.3 Å². The Morgan fingerprint density at radius 3 is 2.58 bits per heavy atom. The quantitative estimate of drug-likeness (QED) is 0.559. The first-order valence-corrected chi connectivity index (χ1v) is 11.6. The fourth-order valence-electron chi connectivity index (χ4n) is 4.43. The van der Waals surface area contributed by atoms with Gasteiger partial charge < -0.3 is 24.3 Å². The topological polar surface area (TPSA) is 57.8 Å². The summed E-state index contributed by atoms with van der Waals surface area (Å²) >= 11 is 0. The zero-order chi connectivity index (χ0) is 23.2.